The zero-order valence-electron chi connectivity index (χ0n) is 16.2. The zero-order chi connectivity index (χ0) is 21.1. The first-order valence-corrected chi connectivity index (χ1v) is 9.73. The van der Waals surface area contributed by atoms with Crippen molar-refractivity contribution < 1.29 is 9.59 Å². The first-order valence-electron chi connectivity index (χ1n) is 9.35. The van der Waals surface area contributed by atoms with Gasteiger partial charge in [0.1, 0.15) is 0 Å². The normalized spacial score (nSPS) is 11.1. The molecule has 0 atom stereocenters. The second-order valence-corrected chi connectivity index (χ2v) is 7.12. The second kappa shape index (κ2) is 8.35. The summed E-state index contributed by atoms with van der Waals surface area (Å²) in [4.78, 5) is 25.5. The van der Waals surface area contributed by atoms with Gasteiger partial charge in [-0.25, -0.2) is 5.43 Å². The van der Waals surface area contributed by atoms with E-state index in [0.717, 1.165) is 16.6 Å². The average Bonchev–Trinajstić information content (AvgIpc) is 3.05. The minimum atomic E-state index is -0.404. The minimum Gasteiger partial charge on any atom is -0.313 e. The summed E-state index contributed by atoms with van der Waals surface area (Å²) in [6.45, 7) is 1.88. The maximum atomic E-state index is 13.1. The van der Waals surface area contributed by atoms with Gasteiger partial charge in [0.05, 0.1) is 28.0 Å². The van der Waals surface area contributed by atoms with E-state index in [0.29, 0.717) is 21.8 Å². The van der Waals surface area contributed by atoms with Crippen molar-refractivity contribution in [2.24, 2.45) is 5.10 Å². The van der Waals surface area contributed by atoms with Crippen molar-refractivity contribution in [3.05, 3.63) is 112 Å². The summed E-state index contributed by atoms with van der Waals surface area (Å²) < 4.78 is 1.85. The van der Waals surface area contributed by atoms with E-state index in [-0.39, 0.29) is 5.78 Å². The molecule has 2 aromatic carbocycles. The average molecular weight is 416 g/mol. The van der Waals surface area contributed by atoms with Crippen molar-refractivity contribution in [2.45, 2.75) is 6.92 Å². The van der Waals surface area contributed by atoms with E-state index in [2.05, 4.69) is 10.5 Å². The van der Waals surface area contributed by atoms with Crippen molar-refractivity contribution in [3.63, 3.8) is 0 Å². The number of hydrogen-bond acceptors (Lipinski definition) is 3. The Kier molecular flexibility index (Phi) is 5.46. The summed E-state index contributed by atoms with van der Waals surface area (Å²) in [6, 6.07) is 21.6. The monoisotopic (exact) mass is 415 g/mol. The lowest BCUT2D eigenvalue weighted by Gasteiger charge is -2.03. The van der Waals surface area contributed by atoms with Crippen LogP contribution in [-0.4, -0.2) is 22.3 Å². The van der Waals surface area contributed by atoms with E-state index in [9.17, 15) is 9.59 Å². The fourth-order valence-corrected chi connectivity index (χ4v) is 3.61. The van der Waals surface area contributed by atoms with Gasteiger partial charge < -0.3 is 4.40 Å². The summed E-state index contributed by atoms with van der Waals surface area (Å²) in [5, 5.41) is 4.46. The fourth-order valence-electron chi connectivity index (χ4n) is 3.39. The number of carbonyl (C=O) groups excluding carboxylic acids is 2. The summed E-state index contributed by atoms with van der Waals surface area (Å²) in [7, 11) is 0. The maximum absolute atomic E-state index is 13.1. The smallest absolute Gasteiger partial charge is 0.272 e. The number of halogens is 1. The largest absolute Gasteiger partial charge is 0.313 e. The van der Waals surface area contributed by atoms with Crippen LogP contribution in [0.5, 0.6) is 0 Å². The Morgan fingerprint density at radius 3 is 2.43 bits per heavy atom. The first kappa shape index (κ1) is 19.6. The fraction of sp³-hybridized carbons (Fsp3) is 0.0417. The van der Waals surface area contributed by atoms with Crippen LogP contribution in [0.2, 0.25) is 5.02 Å². The molecule has 4 rings (SSSR count). The van der Waals surface area contributed by atoms with Gasteiger partial charge in [0.2, 0.25) is 5.78 Å². The molecule has 0 unspecified atom stereocenters. The third-order valence-corrected chi connectivity index (χ3v) is 5.19. The van der Waals surface area contributed by atoms with E-state index in [1.54, 1.807) is 42.6 Å². The molecule has 0 saturated heterocycles. The Morgan fingerprint density at radius 1 is 0.967 bits per heavy atom. The molecule has 0 fully saturated rings. The highest BCUT2D eigenvalue weighted by Gasteiger charge is 2.20. The number of carbonyl (C=O) groups is 2. The van der Waals surface area contributed by atoms with Gasteiger partial charge in [-0.1, -0.05) is 60.1 Å². The minimum absolute atomic E-state index is 0.0750. The molecule has 30 heavy (non-hydrogen) atoms. The van der Waals surface area contributed by atoms with E-state index in [4.69, 9.17) is 11.6 Å². The van der Waals surface area contributed by atoms with Crippen LogP contribution in [0.3, 0.4) is 0 Å². The molecule has 0 bridgehead atoms. The highest BCUT2D eigenvalue weighted by atomic mass is 35.5. The number of nitrogens with one attached hydrogen (secondary N) is 1. The van der Waals surface area contributed by atoms with Gasteiger partial charge in [0, 0.05) is 17.3 Å². The van der Waals surface area contributed by atoms with Crippen LogP contribution in [0.4, 0.5) is 0 Å². The predicted molar refractivity (Wildman–Crippen MR) is 119 cm³/mol. The summed E-state index contributed by atoms with van der Waals surface area (Å²) >= 11 is 6.06. The first-order chi connectivity index (χ1) is 14.6. The molecule has 2 aromatic heterocycles. The Balaban J connectivity index is 1.69. The summed E-state index contributed by atoms with van der Waals surface area (Å²) in [5.74, 6) is -0.479. The van der Waals surface area contributed by atoms with Gasteiger partial charge in [-0.05, 0) is 36.8 Å². The third kappa shape index (κ3) is 3.63. The van der Waals surface area contributed by atoms with Crippen molar-refractivity contribution in [3.8, 4) is 0 Å². The standard InChI is InChI=1S/C24H18ClN3O2/c1-16-19(15-26-27-24(30)18-11-5-6-12-20(18)25)21-13-7-8-14-28(21)22(16)23(29)17-9-3-2-4-10-17/h2-15H,1H3,(H,27,30)/b26-15-. The van der Waals surface area contributed by atoms with Gasteiger partial charge >= 0.3 is 0 Å². The van der Waals surface area contributed by atoms with Crippen LogP contribution in [-0.2, 0) is 0 Å². The third-order valence-electron chi connectivity index (χ3n) is 4.87. The molecule has 5 nitrogen and oxygen atoms in total. The molecule has 0 aliphatic heterocycles. The van der Waals surface area contributed by atoms with Crippen LogP contribution >= 0.6 is 11.6 Å². The van der Waals surface area contributed by atoms with Crippen molar-refractivity contribution in [1.82, 2.24) is 9.83 Å². The quantitative estimate of drug-likeness (QED) is 0.286. The summed E-state index contributed by atoms with van der Waals surface area (Å²) in [5.41, 5.74) is 6.39. The van der Waals surface area contributed by atoms with Crippen LogP contribution < -0.4 is 5.43 Å². The molecule has 148 valence electrons. The van der Waals surface area contributed by atoms with E-state index >= 15 is 0 Å². The van der Waals surface area contributed by atoms with Crippen LogP contribution in [0.15, 0.2) is 84.1 Å². The zero-order valence-corrected chi connectivity index (χ0v) is 16.9. The Labute approximate surface area is 178 Å². The molecule has 4 aromatic rings. The molecule has 1 amide bonds. The topological polar surface area (TPSA) is 62.9 Å². The van der Waals surface area contributed by atoms with Gasteiger partial charge in [0.15, 0.2) is 0 Å². The highest BCUT2D eigenvalue weighted by molar-refractivity contribution is 6.33. The highest BCUT2D eigenvalue weighted by Crippen LogP contribution is 2.24. The lowest BCUT2D eigenvalue weighted by Crippen LogP contribution is -2.18. The molecule has 0 saturated carbocycles. The number of fused-ring (bicyclic) bond motifs is 1. The number of hydrogen-bond donors (Lipinski definition) is 1. The Morgan fingerprint density at radius 2 is 1.67 bits per heavy atom. The number of nitrogens with zero attached hydrogens (tertiary/aromatic N) is 2. The van der Waals surface area contributed by atoms with Gasteiger partial charge in [-0.15, -0.1) is 0 Å². The van der Waals surface area contributed by atoms with Gasteiger partial charge in [0.25, 0.3) is 5.91 Å². The second-order valence-electron chi connectivity index (χ2n) is 6.72. The van der Waals surface area contributed by atoms with E-state index in [1.807, 2.05) is 53.9 Å². The van der Waals surface area contributed by atoms with Crippen LogP contribution in [0.1, 0.15) is 37.5 Å². The van der Waals surface area contributed by atoms with E-state index < -0.39 is 5.91 Å². The molecule has 2 heterocycles. The molecule has 1 N–H and O–H groups in total. The molecular weight excluding hydrogens is 398 g/mol. The van der Waals surface area contributed by atoms with Gasteiger partial charge in [-0.3, -0.25) is 9.59 Å². The molecule has 0 spiro atoms. The van der Waals surface area contributed by atoms with Crippen molar-refractivity contribution in [2.75, 3.05) is 0 Å². The number of pyridine rings is 1. The van der Waals surface area contributed by atoms with Crippen LogP contribution in [0, 0.1) is 6.92 Å². The van der Waals surface area contributed by atoms with Crippen molar-refractivity contribution in [1.29, 1.82) is 0 Å². The molecule has 0 aliphatic rings. The molecule has 0 radical (unpaired) electrons. The van der Waals surface area contributed by atoms with Gasteiger partial charge in [-0.2, -0.15) is 5.10 Å². The number of aromatic nitrogens is 1. The maximum Gasteiger partial charge on any atom is 0.272 e. The van der Waals surface area contributed by atoms with E-state index in [1.165, 1.54) is 0 Å². The Bertz CT molecular complexity index is 1280. The number of rotatable bonds is 5. The number of hydrazone groups is 1. The number of amides is 1. The molecular formula is C24H18ClN3O2. The predicted octanol–water partition coefficient (Wildman–Crippen LogP) is 4.90. The van der Waals surface area contributed by atoms with Crippen molar-refractivity contribution >= 4 is 35.0 Å². The lowest BCUT2D eigenvalue weighted by molar-refractivity contribution is 0.0954. The van der Waals surface area contributed by atoms with Crippen LogP contribution in [0.25, 0.3) is 5.52 Å². The number of ketones is 1. The molecule has 6 heteroatoms. The SMILES string of the molecule is Cc1c(/C=N\NC(=O)c2ccccc2Cl)c2ccccn2c1C(=O)c1ccccc1. The lowest BCUT2D eigenvalue weighted by atomic mass is 10.0. The summed E-state index contributed by atoms with van der Waals surface area (Å²) in [6.07, 6.45) is 3.40. The Hall–Kier alpha value is -3.70. The number of benzene rings is 2. The molecule has 0 aliphatic carbocycles.